The number of nitrogens with one attached hydrogen (secondary N) is 1. The van der Waals surface area contributed by atoms with Gasteiger partial charge in [0, 0.05) is 18.3 Å². The van der Waals surface area contributed by atoms with Gasteiger partial charge in [0.05, 0.1) is 18.9 Å². The molecule has 0 bridgehead atoms. The Labute approximate surface area is 151 Å². The lowest BCUT2D eigenvalue weighted by molar-refractivity contribution is -0.151. The van der Waals surface area contributed by atoms with Gasteiger partial charge in [-0.15, -0.1) is 5.10 Å². The van der Waals surface area contributed by atoms with Crippen molar-refractivity contribution in [1.29, 1.82) is 0 Å². The fourth-order valence-electron chi connectivity index (χ4n) is 3.39. The molecule has 1 aromatic heterocycles. The smallest absolute Gasteiger partial charge is 0.309 e. The third-order valence-corrected chi connectivity index (χ3v) is 4.90. The normalized spacial score (nSPS) is 19.8. The molecule has 0 saturated heterocycles. The van der Waals surface area contributed by atoms with Crippen LogP contribution in [0.25, 0.3) is 11.3 Å². The molecule has 2 aromatic rings. The topological polar surface area (TPSA) is 112 Å². The van der Waals surface area contributed by atoms with E-state index in [4.69, 9.17) is 10.5 Å². The van der Waals surface area contributed by atoms with Crippen LogP contribution in [-0.4, -0.2) is 34.0 Å². The van der Waals surface area contributed by atoms with Crippen molar-refractivity contribution in [3.8, 4) is 11.3 Å². The monoisotopic (exact) mass is 357 g/mol. The van der Waals surface area contributed by atoms with Gasteiger partial charge in [-0.1, -0.05) is 30.2 Å². The lowest BCUT2D eigenvalue weighted by Gasteiger charge is -2.28. The molecule has 1 amide bonds. The number of hydrogen-bond donors (Lipinski definition) is 2. The number of methoxy groups -OCH3 is 1. The fourth-order valence-corrected chi connectivity index (χ4v) is 3.39. The number of carbonyl (C=O) groups excluding carboxylic acids is 2. The van der Waals surface area contributed by atoms with Gasteiger partial charge < -0.3 is 15.8 Å². The van der Waals surface area contributed by atoms with E-state index in [-0.39, 0.29) is 23.7 Å². The van der Waals surface area contributed by atoms with Gasteiger partial charge in [-0.2, -0.15) is 0 Å². The van der Waals surface area contributed by atoms with Crippen molar-refractivity contribution < 1.29 is 14.3 Å². The third-order valence-electron chi connectivity index (χ3n) is 4.90. The quantitative estimate of drug-likeness (QED) is 0.809. The second-order valence-electron chi connectivity index (χ2n) is 6.53. The number of carbonyl (C=O) groups is 2. The van der Waals surface area contributed by atoms with E-state index in [1.54, 1.807) is 19.2 Å². The van der Waals surface area contributed by atoms with E-state index in [0.717, 1.165) is 18.4 Å². The van der Waals surface area contributed by atoms with Crippen LogP contribution >= 0.6 is 0 Å². The molecule has 1 aliphatic rings. The number of nitrogens with two attached hydrogens (primary N) is 1. The number of amides is 1. The first kappa shape index (κ1) is 17.9. The maximum absolute atomic E-state index is 12.6. The average Bonchev–Trinajstić information content (AvgIpc) is 3.00. The summed E-state index contributed by atoms with van der Waals surface area (Å²) in [5.74, 6) is -0.700. The fraction of sp³-hybridized carbons (Fsp3) is 0.444. The largest absolute Gasteiger partial charge is 0.469 e. The van der Waals surface area contributed by atoms with Crippen LogP contribution in [0.3, 0.4) is 0 Å². The van der Waals surface area contributed by atoms with Gasteiger partial charge in [0.2, 0.25) is 5.91 Å². The minimum Gasteiger partial charge on any atom is -0.469 e. The summed E-state index contributed by atoms with van der Waals surface area (Å²) >= 11 is 0. The molecule has 1 saturated carbocycles. The molecule has 2 atom stereocenters. The highest BCUT2D eigenvalue weighted by molar-refractivity contribution is 5.95. The molecule has 0 aliphatic heterocycles. The number of nitrogens with zero attached hydrogens (tertiary/aromatic N) is 3. The van der Waals surface area contributed by atoms with Gasteiger partial charge in [-0.3, -0.25) is 9.59 Å². The summed E-state index contributed by atoms with van der Waals surface area (Å²) < 4.78 is 6.35. The van der Waals surface area contributed by atoms with Gasteiger partial charge in [0.1, 0.15) is 11.5 Å². The van der Waals surface area contributed by atoms with E-state index < -0.39 is 0 Å². The molecule has 0 radical (unpaired) electrons. The Morgan fingerprint density at radius 3 is 2.42 bits per heavy atom. The zero-order valence-electron chi connectivity index (χ0n) is 14.9. The van der Waals surface area contributed by atoms with Gasteiger partial charge in [0.15, 0.2) is 0 Å². The number of aromatic nitrogens is 3. The van der Waals surface area contributed by atoms with Crippen molar-refractivity contribution in [2.45, 2.75) is 25.7 Å². The highest BCUT2D eigenvalue weighted by atomic mass is 16.5. The predicted molar refractivity (Wildman–Crippen MR) is 96.9 cm³/mol. The summed E-state index contributed by atoms with van der Waals surface area (Å²) in [5.41, 5.74) is 8.01. The number of esters is 1. The van der Waals surface area contributed by atoms with Gasteiger partial charge in [-0.05, 0) is 25.0 Å². The minimum absolute atomic E-state index is 0.146. The van der Waals surface area contributed by atoms with Crippen molar-refractivity contribution in [3.05, 3.63) is 24.3 Å². The molecule has 1 heterocycles. The summed E-state index contributed by atoms with van der Waals surface area (Å²) in [4.78, 5) is 24.6. The summed E-state index contributed by atoms with van der Waals surface area (Å²) in [6.07, 6.45) is 3.27. The van der Waals surface area contributed by atoms with Crippen molar-refractivity contribution in [2.24, 2.45) is 18.9 Å². The molecule has 26 heavy (non-hydrogen) atoms. The number of anilines is 2. The molecule has 3 rings (SSSR count). The van der Waals surface area contributed by atoms with Crippen LogP contribution in [-0.2, 0) is 21.4 Å². The molecule has 0 unspecified atom stereocenters. The molecule has 1 fully saturated rings. The predicted octanol–water partition coefficient (Wildman–Crippen LogP) is 1.98. The summed E-state index contributed by atoms with van der Waals surface area (Å²) in [6.45, 7) is 0. The highest BCUT2D eigenvalue weighted by Crippen LogP contribution is 2.32. The van der Waals surface area contributed by atoms with Crippen molar-refractivity contribution in [3.63, 3.8) is 0 Å². The SMILES string of the molecule is COC(=O)[C@H]1CCCC[C@@H]1C(=O)Nc1ccc(-c2nnn(C)c2N)cc1. The molecule has 138 valence electrons. The Morgan fingerprint density at radius 2 is 1.85 bits per heavy atom. The molecule has 1 aromatic carbocycles. The number of aryl methyl sites for hydroxylation is 1. The Hall–Kier alpha value is -2.90. The highest BCUT2D eigenvalue weighted by Gasteiger charge is 2.36. The van der Waals surface area contributed by atoms with E-state index >= 15 is 0 Å². The van der Waals surface area contributed by atoms with E-state index in [9.17, 15) is 9.59 Å². The Bertz CT molecular complexity index is 800. The molecule has 0 spiro atoms. The van der Waals surface area contributed by atoms with Crippen molar-refractivity contribution >= 4 is 23.4 Å². The van der Waals surface area contributed by atoms with Crippen molar-refractivity contribution in [1.82, 2.24) is 15.0 Å². The van der Waals surface area contributed by atoms with Gasteiger partial charge in [-0.25, -0.2) is 4.68 Å². The van der Waals surface area contributed by atoms with Crippen molar-refractivity contribution in [2.75, 3.05) is 18.2 Å². The second kappa shape index (κ2) is 7.55. The molecule has 8 heteroatoms. The van der Waals surface area contributed by atoms with Crippen LogP contribution in [0.1, 0.15) is 25.7 Å². The Balaban J connectivity index is 1.71. The van der Waals surface area contributed by atoms with Gasteiger partial charge in [0.25, 0.3) is 0 Å². The molecular formula is C18H23N5O3. The lowest BCUT2D eigenvalue weighted by Crippen LogP contribution is -2.36. The number of hydrogen-bond acceptors (Lipinski definition) is 6. The standard InChI is InChI=1S/C18H23N5O3/c1-23-16(19)15(21-22-23)11-7-9-12(10-8-11)20-17(24)13-5-3-4-6-14(13)18(25)26-2/h7-10,13-14H,3-6,19H2,1-2H3,(H,20,24)/t13-,14-/m0/s1. The van der Waals surface area contributed by atoms with Crippen LogP contribution in [0, 0.1) is 11.8 Å². The van der Waals surface area contributed by atoms with E-state index in [2.05, 4.69) is 15.6 Å². The van der Waals surface area contributed by atoms with Crippen LogP contribution in [0.4, 0.5) is 11.5 Å². The third kappa shape index (κ3) is 3.54. The zero-order chi connectivity index (χ0) is 18.7. The summed E-state index contributed by atoms with van der Waals surface area (Å²) in [7, 11) is 3.09. The number of rotatable bonds is 4. The summed E-state index contributed by atoms with van der Waals surface area (Å²) in [6, 6.07) is 7.23. The molecular weight excluding hydrogens is 334 g/mol. The number of nitrogen functional groups attached to an aromatic ring is 1. The first-order chi connectivity index (χ1) is 12.5. The average molecular weight is 357 g/mol. The molecule has 1 aliphatic carbocycles. The minimum atomic E-state index is -0.368. The first-order valence-corrected chi connectivity index (χ1v) is 8.65. The van der Waals surface area contributed by atoms with Crippen LogP contribution < -0.4 is 11.1 Å². The Morgan fingerprint density at radius 1 is 1.19 bits per heavy atom. The second-order valence-corrected chi connectivity index (χ2v) is 6.53. The van der Waals surface area contributed by atoms with Gasteiger partial charge >= 0.3 is 5.97 Å². The van der Waals surface area contributed by atoms with Crippen LogP contribution in [0.5, 0.6) is 0 Å². The van der Waals surface area contributed by atoms with Crippen LogP contribution in [0.2, 0.25) is 0 Å². The van der Waals surface area contributed by atoms with E-state index in [0.29, 0.717) is 30.0 Å². The molecule has 8 nitrogen and oxygen atoms in total. The van der Waals surface area contributed by atoms with Crippen LogP contribution in [0.15, 0.2) is 24.3 Å². The summed E-state index contributed by atoms with van der Waals surface area (Å²) in [5, 5.41) is 10.8. The molecule has 3 N–H and O–H groups in total. The Kier molecular flexibility index (Phi) is 5.20. The zero-order valence-corrected chi connectivity index (χ0v) is 14.9. The maximum Gasteiger partial charge on any atom is 0.309 e. The number of benzene rings is 1. The van der Waals surface area contributed by atoms with E-state index in [1.807, 2.05) is 12.1 Å². The maximum atomic E-state index is 12.6. The first-order valence-electron chi connectivity index (χ1n) is 8.65. The lowest BCUT2D eigenvalue weighted by atomic mass is 9.78. The number of ether oxygens (including phenoxy) is 1. The van der Waals surface area contributed by atoms with E-state index in [1.165, 1.54) is 11.8 Å².